The molecule has 0 unspecified atom stereocenters. The van der Waals surface area contributed by atoms with Gasteiger partial charge in [0, 0.05) is 17.2 Å². The van der Waals surface area contributed by atoms with Crippen molar-refractivity contribution in [1.29, 1.82) is 0 Å². The zero-order valence-corrected chi connectivity index (χ0v) is 8.07. The van der Waals surface area contributed by atoms with Crippen molar-refractivity contribution in [2.75, 3.05) is 5.32 Å². The van der Waals surface area contributed by atoms with Crippen molar-refractivity contribution in [3.63, 3.8) is 0 Å². The van der Waals surface area contributed by atoms with Gasteiger partial charge in [0.25, 0.3) is 0 Å². The second kappa shape index (κ2) is 3.57. The summed E-state index contributed by atoms with van der Waals surface area (Å²) in [5, 5.41) is 12.9. The minimum Gasteiger partial charge on any atom is -0.478 e. The van der Waals surface area contributed by atoms with Gasteiger partial charge in [0.15, 0.2) is 0 Å². The van der Waals surface area contributed by atoms with E-state index < -0.39 is 5.97 Å². The molecule has 0 aromatic carbocycles. The van der Waals surface area contributed by atoms with Gasteiger partial charge in [-0.3, -0.25) is 4.79 Å². The summed E-state index contributed by atoms with van der Waals surface area (Å²) in [5.74, 6) is -1.28. The molecule has 1 aromatic rings. The second-order valence-electron chi connectivity index (χ2n) is 2.57. The highest BCUT2D eigenvalue weighted by Gasteiger charge is 2.15. The van der Waals surface area contributed by atoms with Gasteiger partial charge >= 0.3 is 5.97 Å². The van der Waals surface area contributed by atoms with Crippen LogP contribution in [-0.4, -0.2) is 17.0 Å². The predicted molar refractivity (Wildman–Crippen MR) is 50.3 cm³/mol. The van der Waals surface area contributed by atoms with Gasteiger partial charge in [-0.25, -0.2) is 4.79 Å². The van der Waals surface area contributed by atoms with Crippen LogP contribution in [0.3, 0.4) is 0 Å². The molecule has 0 spiro atoms. The van der Waals surface area contributed by atoms with Crippen LogP contribution >= 0.6 is 11.3 Å². The molecule has 5 heteroatoms. The Morgan fingerprint density at radius 2 is 2.15 bits per heavy atom. The minimum absolute atomic E-state index is 0.181. The van der Waals surface area contributed by atoms with Crippen LogP contribution in [0.4, 0.5) is 5.69 Å². The SMILES string of the molecule is CC(=O)Nc1csc(C)c1C(=O)O. The number of carbonyl (C=O) groups is 2. The van der Waals surface area contributed by atoms with E-state index in [-0.39, 0.29) is 11.5 Å². The Bertz CT molecular complexity index is 356. The Kier molecular flexibility index (Phi) is 2.67. The third-order valence-electron chi connectivity index (χ3n) is 1.50. The summed E-state index contributed by atoms with van der Waals surface area (Å²) in [4.78, 5) is 22.1. The van der Waals surface area contributed by atoms with Crippen LogP contribution in [0.1, 0.15) is 22.2 Å². The van der Waals surface area contributed by atoms with Crippen LogP contribution in [0.5, 0.6) is 0 Å². The number of aryl methyl sites for hydroxylation is 1. The van der Waals surface area contributed by atoms with Crippen molar-refractivity contribution in [2.45, 2.75) is 13.8 Å². The molecule has 1 rings (SSSR count). The van der Waals surface area contributed by atoms with Gasteiger partial charge in [-0.05, 0) is 6.92 Å². The summed E-state index contributed by atoms with van der Waals surface area (Å²) in [6.07, 6.45) is 0. The molecule has 4 nitrogen and oxygen atoms in total. The second-order valence-corrected chi connectivity index (χ2v) is 3.65. The third-order valence-corrected chi connectivity index (χ3v) is 2.41. The average molecular weight is 199 g/mol. The summed E-state index contributed by atoms with van der Waals surface area (Å²) in [7, 11) is 0. The van der Waals surface area contributed by atoms with Crippen LogP contribution in [0.15, 0.2) is 5.38 Å². The van der Waals surface area contributed by atoms with Crippen molar-refractivity contribution in [1.82, 2.24) is 0 Å². The number of aromatic carboxylic acids is 1. The first kappa shape index (κ1) is 9.73. The average Bonchev–Trinajstić information content (AvgIpc) is 2.30. The Labute approximate surface area is 79.2 Å². The maximum atomic E-state index is 10.7. The highest BCUT2D eigenvalue weighted by atomic mass is 32.1. The fourth-order valence-corrected chi connectivity index (χ4v) is 1.79. The summed E-state index contributed by atoms with van der Waals surface area (Å²) in [5.41, 5.74) is 0.558. The van der Waals surface area contributed by atoms with Gasteiger partial charge in [0.2, 0.25) is 5.91 Å². The van der Waals surface area contributed by atoms with E-state index in [9.17, 15) is 9.59 Å². The highest BCUT2D eigenvalue weighted by molar-refractivity contribution is 7.10. The smallest absolute Gasteiger partial charge is 0.338 e. The van der Waals surface area contributed by atoms with Crippen molar-refractivity contribution < 1.29 is 14.7 Å². The number of anilines is 1. The number of hydrogen-bond donors (Lipinski definition) is 2. The molecule has 1 aromatic heterocycles. The van der Waals surface area contributed by atoms with Crippen molar-refractivity contribution in [3.8, 4) is 0 Å². The maximum Gasteiger partial charge on any atom is 0.338 e. The zero-order valence-electron chi connectivity index (χ0n) is 7.25. The fraction of sp³-hybridized carbons (Fsp3) is 0.250. The van der Waals surface area contributed by atoms with Gasteiger partial charge in [-0.15, -0.1) is 11.3 Å². The largest absolute Gasteiger partial charge is 0.478 e. The lowest BCUT2D eigenvalue weighted by atomic mass is 10.2. The molecule has 0 bridgehead atoms. The number of carboxylic acid groups (broad SMARTS) is 1. The molecule has 0 saturated carbocycles. The van der Waals surface area contributed by atoms with Crippen LogP contribution in [0, 0.1) is 6.92 Å². The Morgan fingerprint density at radius 3 is 2.62 bits per heavy atom. The molecule has 0 aliphatic rings. The lowest BCUT2D eigenvalue weighted by molar-refractivity contribution is -0.114. The Morgan fingerprint density at radius 1 is 1.54 bits per heavy atom. The Hall–Kier alpha value is -1.36. The maximum absolute atomic E-state index is 10.7. The fourth-order valence-electron chi connectivity index (χ4n) is 1.00. The first-order valence-electron chi connectivity index (χ1n) is 3.61. The number of carbonyl (C=O) groups excluding carboxylic acids is 1. The zero-order chi connectivity index (χ0) is 10.0. The van der Waals surface area contributed by atoms with Gasteiger partial charge in [-0.1, -0.05) is 0 Å². The number of nitrogens with one attached hydrogen (secondary N) is 1. The van der Waals surface area contributed by atoms with E-state index in [4.69, 9.17) is 5.11 Å². The van der Waals surface area contributed by atoms with E-state index in [2.05, 4.69) is 5.32 Å². The van der Waals surface area contributed by atoms with E-state index in [0.717, 1.165) is 0 Å². The molecule has 70 valence electrons. The van der Waals surface area contributed by atoms with Crippen molar-refractivity contribution in [3.05, 3.63) is 15.8 Å². The molecule has 0 aliphatic carbocycles. The summed E-state index contributed by atoms with van der Waals surface area (Å²) in [6.45, 7) is 3.05. The standard InChI is InChI=1S/C8H9NO3S/c1-4-7(8(11)12)6(3-13-4)9-5(2)10/h3H,1-2H3,(H,9,10)(H,11,12). The molecule has 0 saturated heterocycles. The molecule has 0 aliphatic heterocycles. The Balaban J connectivity index is 3.07. The quantitative estimate of drug-likeness (QED) is 0.762. The van der Waals surface area contributed by atoms with Crippen molar-refractivity contribution in [2.24, 2.45) is 0 Å². The number of thiophene rings is 1. The van der Waals surface area contributed by atoms with Crippen LogP contribution in [0.2, 0.25) is 0 Å². The van der Waals surface area contributed by atoms with Gasteiger partial charge in [0.1, 0.15) is 0 Å². The number of amides is 1. The lowest BCUT2D eigenvalue weighted by Crippen LogP contribution is -2.09. The van der Waals surface area contributed by atoms with E-state index in [1.165, 1.54) is 18.3 Å². The lowest BCUT2D eigenvalue weighted by Gasteiger charge is -2.00. The number of rotatable bonds is 2. The molecule has 2 N–H and O–H groups in total. The molecule has 1 amide bonds. The topological polar surface area (TPSA) is 66.4 Å². The number of carboxylic acids is 1. The van der Waals surface area contributed by atoms with E-state index in [1.54, 1.807) is 12.3 Å². The van der Waals surface area contributed by atoms with Gasteiger partial charge < -0.3 is 10.4 Å². The summed E-state index contributed by atoms with van der Waals surface area (Å²) in [6, 6.07) is 0. The highest BCUT2D eigenvalue weighted by Crippen LogP contribution is 2.26. The van der Waals surface area contributed by atoms with E-state index in [0.29, 0.717) is 10.6 Å². The van der Waals surface area contributed by atoms with Crippen molar-refractivity contribution >= 4 is 28.9 Å². The number of hydrogen-bond acceptors (Lipinski definition) is 3. The van der Waals surface area contributed by atoms with Crippen LogP contribution < -0.4 is 5.32 Å². The van der Waals surface area contributed by atoms with E-state index in [1.807, 2.05) is 0 Å². The summed E-state index contributed by atoms with van der Waals surface area (Å²) < 4.78 is 0. The van der Waals surface area contributed by atoms with Crippen LogP contribution in [0.25, 0.3) is 0 Å². The molecule has 0 radical (unpaired) electrons. The van der Waals surface area contributed by atoms with Gasteiger partial charge in [0.05, 0.1) is 11.3 Å². The molecule has 0 atom stereocenters. The summed E-state index contributed by atoms with van der Waals surface area (Å²) >= 11 is 1.31. The first-order valence-corrected chi connectivity index (χ1v) is 4.49. The predicted octanol–water partition coefficient (Wildman–Crippen LogP) is 1.71. The normalized spacial score (nSPS) is 9.69. The third kappa shape index (κ3) is 2.06. The molecular weight excluding hydrogens is 190 g/mol. The molecule has 0 fully saturated rings. The molecular formula is C8H9NO3S. The van der Waals surface area contributed by atoms with Gasteiger partial charge in [-0.2, -0.15) is 0 Å². The van der Waals surface area contributed by atoms with E-state index >= 15 is 0 Å². The first-order chi connectivity index (χ1) is 6.02. The monoisotopic (exact) mass is 199 g/mol. The molecule has 13 heavy (non-hydrogen) atoms. The minimum atomic E-state index is -1.01. The molecule has 1 heterocycles. The van der Waals surface area contributed by atoms with Crippen LogP contribution in [-0.2, 0) is 4.79 Å².